The first-order chi connectivity index (χ1) is 19.7. The first-order valence-corrected chi connectivity index (χ1v) is 15.2. The molecule has 0 bridgehead atoms. The summed E-state index contributed by atoms with van der Waals surface area (Å²) in [5, 5.41) is 3.10. The van der Waals surface area contributed by atoms with Crippen LogP contribution in [0, 0.1) is 0 Å². The van der Waals surface area contributed by atoms with Gasteiger partial charge in [-0.1, -0.05) is 54.6 Å². The maximum Gasteiger partial charge on any atom is 0.310 e. The lowest BCUT2D eigenvalue weighted by atomic mass is 9.68. The first-order valence-electron chi connectivity index (χ1n) is 13.7. The molecule has 3 aromatic carbocycles. The Balaban J connectivity index is 1.38. The van der Waals surface area contributed by atoms with Crippen LogP contribution in [0.15, 0.2) is 78.9 Å². The summed E-state index contributed by atoms with van der Waals surface area (Å²) in [5.74, 6) is -0.0261. The highest BCUT2D eigenvalue weighted by Crippen LogP contribution is 2.39. The zero-order valence-corrected chi connectivity index (χ0v) is 24.2. The van der Waals surface area contributed by atoms with Gasteiger partial charge in [-0.25, -0.2) is 0 Å². The minimum absolute atomic E-state index is 0.129. The normalized spacial score (nSPS) is 18.7. The second-order valence-electron chi connectivity index (χ2n) is 10.2. The van der Waals surface area contributed by atoms with E-state index in [1.165, 1.54) is 7.11 Å². The third-order valence-electron chi connectivity index (χ3n) is 7.45. The van der Waals surface area contributed by atoms with E-state index in [9.17, 15) is 18.0 Å². The summed E-state index contributed by atoms with van der Waals surface area (Å²) < 4.78 is 41.5. The number of benzene rings is 3. The van der Waals surface area contributed by atoms with Crippen LogP contribution >= 0.6 is 0 Å². The maximum absolute atomic E-state index is 13.1. The largest absolute Gasteiger partial charge is 0.496 e. The van der Waals surface area contributed by atoms with Crippen molar-refractivity contribution in [2.24, 2.45) is 0 Å². The fourth-order valence-electron chi connectivity index (χ4n) is 5.30. The summed E-state index contributed by atoms with van der Waals surface area (Å²) in [6, 6.07) is 23.5. The van der Waals surface area contributed by atoms with Crippen LogP contribution in [0.3, 0.4) is 0 Å². The van der Waals surface area contributed by atoms with Gasteiger partial charge in [-0.05, 0) is 68.0 Å². The van der Waals surface area contributed by atoms with Crippen molar-refractivity contribution in [3.8, 4) is 5.75 Å². The molecule has 1 saturated carbocycles. The lowest BCUT2D eigenvalue weighted by molar-refractivity contribution is -0.142. The highest BCUT2D eigenvalue weighted by molar-refractivity contribution is 7.90. The summed E-state index contributed by atoms with van der Waals surface area (Å²) in [6.45, 7) is 2.48. The van der Waals surface area contributed by atoms with Gasteiger partial charge in [0.1, 0.15) is 5.75 Å². The van der Waals surface area contributed by atoms with Crippen molar-refractivity contribution < 1.29 is 27.5 Å². The number of methoxy groups -OCH3 is 1. The number of nitrogens with one attached hydrogen (secondary N) is 3. The molecule has 9 nitrogen and oxygen atoms in total. The molecule has 0 saturated heterocycles. The maximum atomic E-state index is 13.1. The number of amides is 1. The van der Waals surface area contributed by atoms with E-state index in [2.05, 4.69) is 26.9 Å². The minimum Gasteiger partial charge on any atom is -0.496 e. The number of hydrogen-bond acceptors (Lipinski definition) is 6. The van der Waals surface area contributed by atoms with Crippen molar-refractivity contribution in [1.29, 1.82) is 0 Å². The van der Waals surface area contributed by atoms with Crippen LogP contribution in [0.4, 0.5) is 5.69 Å². The Hall–Kier alpha value is -3.89. The van der Waals surface area contributed by atoms with Crippen molar-refractivity contribution in [3.05, 3.63) is 95.6 Å². The van der Waals surface area contributed by atoms with E-state index in [-0.39, 0.29) is 29.8 Å². The van der Waals surface area contributed by atoms with Gasteiger partial charge in [-0.15, -0.1) is 0 Å². The Morgan fingerprint density at radius 2 is 1.59 bits per heavy atom. The van der Waals surface area contributed by atoms with Crippen LogP contribution in [0.5, 0.6) is 5.75 Å². The monoisotopic (exact) mass is 579 g/mol. The lowest BCUT2D eigenvalue weighted by Gasteiger charge is -2.41. The van der Waals surface area contributed by atoms with Crippen LogP contribution in [0.2, 0.25) is 0 Å². The summed E-state index contributed by atoms with van der Waals surface area (Å²) in [7, 11) is -2.29. The predicted octanol–water partition coefficient (Wildman–Crippen LogP) is 4.36. The zero-order valence-electron chi connectivity index (χ0n) is 23.4. The number of rotatable bonds is 12. The van der Waals surface area contributed by atoms with Crippen molar-refractivity contribution in [2.75, 3.05) is 25.0 Å². The molecule has 1 fully saturated rings. The number of hydrogen-bond donors (Lipinski definition) is 3. The number of anilines is 1. The fourth-order valence-corrected chi connectivity index (χ4v) is 6.48. The van der Waals surface area contributed by atoms with Gasteiger partial charge < -0.3 is 14.8 Å². The molecule has 1 aliphatic rings. The quantitative estimate of drug-likeness (QED) is 0.274. The molecule has 0 unspecified atom stereocenters. The van der Waals surface area contributed by atoms with Gasteiger partial charge in [-0.3, -0.25) is 14.3 Å². The van der Waals surface area contributed by atoms with E-state index in [1.54, 1.807) is 49.4 Å². The summed E-state index contributed by atoms with van der Waals surface area (Å²) in [4.78, 5) is 24.7. The summed E-state index contributed by atoms with van der Waals surface area (Å²) in [6.07, 6.45) is 2.74. The molecule has 1 aliphatic carbocycles. The summed E-state index contributed by atoms with van der Waals surface area (Å²) in [5.41, 5.74) is 2.39. The Kier molecular flexibility index (Phi) is 10.0. The molecular formula is C31H37N3O6S. The molecule has 0 atom stereocenters. The molecule has 4 rings (SSSR count). The highest BCUT2D eigenvalue weighted by atomic mass is 32.2. The zero-order chi connectivity index (χ0) is 29.3. The third kappa shape index (κ3) is 8.08. The molecule has 0 heterocycles. The number of esters is 1. The van der Waals surface area contributed by atoms with Crippen molar-refractivity contribution in [1.82, 2.24) is 10.0 Å². The van der Waals surface area contributed by atoms with E-state index in [1.807, 2.05) is 24.3 Å². The summed E-state index contributed by atoms with van der Waals surface area (Å²) >= 11 is 0. The van der Waals surface area contributed by atoms with Gasteiger partial charge in [-0.2, -0.15) is 13.1 Å². The standard InChI is InChI=1S/C31H37N3O6S/c1-3-40-29(35)21-23-13-15-25(16-14-23)33-41(37,38)34-26-17-19-31(20-18-26,24-9-5-4-6-10-24)22-32-30(36)27-11-7-8-12-28(27)39-2/h4-16,26,33-34H,3,17-22H2,1-2H3,(H,32,36). The van der Waals surface area contributed by atoms with Gasteiger partial charge in [0.25, 0.3) is 16.1 Å². The van der Waals surface area contributed by atoms with E-state index in [0.29, 0.717) is 55.8 Å². The molecule has 0 spiro atoms. The fraction of sp³-hybridized carbons (Fsp3) is 0.355. The number of carbonyl (C=O) groups excluding carboxylic acids is 2. The molecule has 1 amide bonds. The molecule has 3 aromatic rings. The van der Waals surface area contributed by atoms with Gasteiger partial charge in [0.05, 0.1) is 25.7 Å². The average molecular weight is 580 g/mol. The van der Waals surface area contributed by atoms with Gasteiger partial charge in [0.2, 0.25) is 0 Å². The highest BCUT2D eigenvalue weighted by Gasteiger charge is 2.38. The van der Waals surface area contributed by atoms with Gasteiger partial charge in [0, 0.05) is 23.7 Å². The van der Waals surface area contributed by atoms with E-state index < -0.39 is 10.2 Å². The molecule has 41 heavy (non-hydrogen) atoms. The van der Waals surface area contributed by atoms with Gasteiger partial charge >= 0.3 is 5.97 Å². The topological polar surface area (TPSA) is 123 Å². The number of carbonyl (C=O) groups is 2. The van der Waals surface area contributed by atoms with Crippen LogP contribution in [0.25, 0.3) is 0 Å². The van der Waals surface area contributed by atoms with E-state index in [0.717, 1.165) is 11.1 Å². The van der Waals surface area contributed by atoms with Crippen LogP contribution < -0.4 is 19.5 Å². The van der Waals surface area contributed by atoms with Crippen LogP contribution in [-0.2, 0) is 31.6 Å². The van der Waals surface area contributed by atoms with E-state index in [4.69, 9.17) is 9.47 Å². The first kappa shape index (κ1) is 30.1. The molecule has 0 aromatic heterocycles. The minimum atomic E-state index is -3.83. The Morgan fingerprint density at radius 3 is 2.24 bits per heavy atom. The average Bonchev–Trinajstić information content (AvgIpc) is 2.98. The molecule has 3 N–H and O–H groups in total. The molecule has 10 heteroatoms. The molecular weight excluding hydrogens is 542 g/mol. The number of para-hydroxylation sites is 1. The number of ether oxygens (including phenoxy) is 2. The second kappa shape index (κ2) is 13.6. The molecule has 218 valence electrons. The lowest BCUT2D eigenvalue weighted by Crippen LogP contribution is -2.48. The second-order valence-corrected chi connectivity index (χ2v) is 11.7. The Morgan fingerprint density at radius 1 is 0.927 bits per heavy atom. The van der Waals surface area contributed by atoms with Crippen LogP contribution in [0.1, 0.15) is 54.1 Å². The van der Waals surface area contributed by atoms with Crippen molar-refractivity contribution >= 4 is 27.8 Å². The SMILES string of the molecule is CCOC(=O)Cc1ccc(NS(=O)(=O)NC2CCC(CNC(=O)c3ccccc3OC)(c3ccccc3)CC2)cc1. The van der Waals surface area contributed by atoms with E-state index >= 15 is 0 Å². The smallest absolute Gasteiger partial charge is 0.310 e. The van der Waals surface area contributed by atoms with Crippen molar-refractivity contribution in [2.45, 2.75) is 50.5 Å². The third-order valence-corrected chi connectivity index (χ3v) is 8.60. The van der Waals surface area contributed by atoms with Crippen molar-refractivity contribution in [3.63, 3.8) is 0 Å². The molecule has 0 aliphatic heterocycles. The predicted molar refractivity (Wildman–Crippen MR) is 158 cm³/mol. The van der Waals surface area contributed by atoms with Gasteiger partial charge in [0.15, 0.2) is 0 Å². The Labute approximate surface area is 241 Å². The molecule has 0 radical (unpaired) electrons. The Bertz CT molecular complexity index is 1420. The van der Waals surface area contributed by atoms with Crippen LogP contribution in [-0.4, -0.2) is 46.6 Å².